The fraction of sp³-hybridized carbons (Fsp3) is 0.333. The number of ether oxygens (including phenoxy) is 4. The van der Waals surface area contributed by atoms with E-state index in [0.29, 0.717) is 75.9 Å². The lowest BCUT2D eigenvalue weighted by atomic mass is 10.1. The summed E-state index contributed by atoms with van der Waals surface area (Å²) in [6.45, 7) is 10.7. The molecule has 0 bridgehead atoms. The lowest BCUT2D eigenvalue weighted by Gasteiger charge is -2.34. The van der Waals surface area contributed by atoms with Gasteiger partial charge in [0.2, 0.25) is 5.78 Å². The van der Waals surface area contributed by atoms with Crippen LogP contribution in [0.25, 0.3) is 0 Å². The summed E-state index contributed by atoms with van der Waals surface area (Å²) >= 11 is 8.94. The molecular weight excluding hydrogens is 893 g/mol. The summed E-state index contributed by atoms with van der Waals surface area (Å²) in [7, 11) is 4.31. The molecule has 0 unspecified atom stereocenters. The van der Waals surface area contributed by atoms with Gasteiger partial charge in [-0.1, -0.05) is 27.3 Å². The number of alkyl halides is 1. The van der Waals surface area contributed by atoms with Gasteiger partial charge in [-0.25, -0.2) is 4.98 Å². The Hall–Kier alpha value is -5.55. The van der Waals surface area contributed by atoms with Crippen molar-refractivity contribution in [1.29, 1.82) is 0 Å². The number of piperazine rings is 2. The maximum atomic E-state index is 13.0. The van der Waals surface area contributed by atoms with E-state index in [9.17, 15) is 9.59 Å². The minimum atomic E-state index is -0.185. The highest BCUT2D eigenvalue weighted by Gasteiger charge is 2.22. The number of benzene rings is 4. The normalized spacial score (nSPS) is 15.8. The molecule has 62 heavy (non-hydrogen) atoms. The number of ketones is 2. The number of aromatic nitrogens is 1. The van der Waals surface area contributed by atoms with Crippen molar-refractivity contribution in [2.45, 2.75) is 0 Å². The second kappa shape index (κ2) is 21.5. The number of halogens is 1. The zero-order chi connectivity index (χ0) is 43.4. The van der Waals surface area contributed by atoms with E-state index in [1.807, 2.05) is 24.3 Å². The number of hydrogen-bond donors (Lipinski definition) is 2. The summed E-state index contributed by atoms with van der Waals surface area (Å²) in [4.78, 5) is 42.5. The van der Waals surface area contributed by atoms with E-state index in [4.69, 9.17) is 24.7 Å². The largest absolute Gasteiger partial charge is 0.486 e. The van der Waals surface area contributed by atoms with Crippen molar-refractivity contribution in [3.05, 3.63) is 101 Å². The molecule has 2 saturated heterocycles. The number of rotatable bonds is 9. The average molecular weight is 942 g/mol. The van der Waals surface area contributed by atoms with E-state index >= 15 is 0 Å². The monoisotopic (exact) mass is 940 g/mol. The molecule has 4 aliphatic heterocycles. The van der Waals surface area contributed by atoms with Crippen molar-refractivity contribution >= 4 is 89.9 Å². The molecule has 14 nitrogen and oxygen atoms in total. The van der Waals surface area contributed by atoms with E-state index < -0.39 is 0 Å². The molecule has 5 heterocycles. The molecule has 0 spiro atoms. The Labute approximate surface area is 379 Å². The van der Waals surface area contributed by atoms with Gasteiger partial charge in [0.25, 0.3) is 0 Å². The minimum Gasteiger partial charge on any atom is -0.486 e. The van der Waals surface area contributed by atoms with E-state index in [0.717, 1.165) is 63.7 Å². The molecule has 9 rings (SSSR count). The molecule has 0 saturated carbocycles. The molecular formula is C45H49BrN8O6S2. The highest BCUT2D eigenvalue weighted by atomic mass is 79.9. The molecule has 0 atom stereocenters. The lowest BCUT2D eigenvalue weighted by molar-refractivity contribution is 0.101. The minimum absolute atomic E-state index is 0.0435. The Bertz CT molecular complexity index is 2360. The Morgan fingerprint density at radius 2 is 1.21 bits per heavy atom. The van der Waals surface area contributed by atoms with Crippen molar-refractivity contribution in [3.8, 4) is 23.0 Å². The number of hydrogen-bond acceptors (Lipinski definition) is 16. The fourth-order valence-electron chi connectivity index (χ4n) is 6.96. The van der Waals surface area contributed by atoms with Crippen LogP contribution in [0.5, 0.6) is 23.0 Å². The van der Waals surface area contributed by atoms with Gasteiger partial charge in [-0.2, -0.15) is 4.99 Å². The summed E-state index contributed by atoms with van der Waals surface area (Å²) in [6, 6.07) is 26.8. The number of thiazole rings is 1. The zero-order valence-corrected chi connectivity index (χ0v) is 37.9. The molecule has 17 heteroatoms. The number of likely N-dealkylation sites (N-methyl/N-ethyl adjacent to an activating group) is 2. The Morgan fingerprint density at radius 3 is 1.73 bits per heavy atom. The third-order valence-corrected chi connectivity index (χ3v) is 12.1. The van der Waals surface area contributed by atoms with Crippen LogP contribution >= 0.6 is 39.5 Å². The number of nitrogens with one attached hydrogen (secondary N) is 1. The van der Waals surface area contributed by atoms with Gasteiger partial charge < -0.3 is 49.6 Å². The molecule has 5 aromatic rings. The van der Waals surface area contributed by atoms with E-state index in [-0.39, 0.29) is 17.4 Å². The van der Waals surface area contributed by atoms with Crippen LogP contribution in [-0.2, 0) is 0 Å². The second-order valence-corrected chi connectivity index (χ2v) is 16.6. The van der Waals surface area contributed by atoms with Gasteiger partial charge in [-0.3, -0.25) is 9.59 Å². The highest BCUT2D eigenvalue weighted by molar-refractivity contribution is 9.09. The Balaban J connectivity index is 0.000000160. The lowest BCUT2D eigenvalue weighted by Crippen LogP contribution is -2.44. The highest BCUT2D eigenvalue weighted by Crippen LogP contribution is 2.35. The zero-order valence-electron chi connectivity index (χ0n) is 34.7. The molecule has 0 aliphatic carbocycles. The Kier molecular flexibility index (Phi) is 15.4. The predicted molar refractivity (Wildman–Crippen MR) is 253 cm³/mol. The third-order valence-electron chi connectivity index (χ3n) is 10.5. The number of carbonyl (C=O) groups is 2. The molecule has 4 aliphatic rings. The first kappa shape index (κ1) is 44.5. The summed E-state index contributed by atoms with van der Waals surface area (Å²) in [6.07, 6.45) is 0. The third kappa shape index (κ3) is 11.7. The van der Waals surface area contributed by atoms with Gasteiger partial charge in [0.15, 0.2) is 33.9 Å². The van der Waals surface area contributed by atoms with Crippen molar-refractivity contribution in [1.82, 2.24) is 14.8 Å². The maximum Gasteiger partial charge on any atom is 0.206 e. The van der Waals surface area contributed by atoms with Crippen LogP contribution in [0.4, 0.5) is 33.7 Å². The van der Waals surface area contributed by atoms with Crippen molar-refractivity contribution in [2.75, 3.05) is 119 Å². The second-order valence-electron chi connectivity index (χ2n) is 14.8. The number of isothiocyanates is 1. The molecule has 3 N–H and O–H groups in total. The average Bonchev–Trinajstić information content (AvgIpc) is 3.68. The number of anilines is 5. The quantitative estimate of drug-likeness (QED) is 0.0654. The molecule has 0 radical (unpaired) electrons. The van der Waals surface area contributed by atoms with Gasteiger partial charge in [-0.05, 0) is 111 Å². The number of nitrogen functional groups attached to an aromatic ring is 1. The number of nitrogens with two attached hydrogens (primary N) is 1. The number of aliphatic imine (C=N–C) groups is 1. The number of fused-ring (bicyclic) bond motifs is 2. The van der Waals surface area contributed by atoms with E-state index in [1.54, 1.807) is 36.4 Å². The topological polar surface area (TPSA) is 147 Å². The van der Waals surface area contributed by atoms with Crippen molar-refractivity contribution < 1.29 is 28.5 Å². The maximum absolute atomic E-state index is 13.0. The van der Waals surface area contributed by atoms with Crippen molar-refractivity contribution in [2.24, 2.45) is 4.99 Å². The first-order valence-electron chi connectivity index (χ1n) is 20.3. The van der Waals surface area contributed by atoms with Gasteiger partial charge in [0, 0.05) is 80.5 Å². The molecule has 2 fully saturated rings. The van der Waals surface area contributed by atoms with Gasteiger partial charge in [0.05, 0.1) is 16.2 Å². The number of nitrogens with zero attached hydrogens (tertiary/aromatic N) is 6. The van der Waals surface area contributed by atoms with Crippen LogP contribution < -0.4 is 39.8 Å². The van der Waals surface area contributed by atoms with Crippen LogP contribution in [0, 0.1) is 0 Å². The molecule has 4 aromatic carbocycles. The van der Waals surface area contributed by atoms with E-state index in [2.05, 4.69) is 107 Å². The smallest absolute Gasteiger partial charge is 0.206 e. The molecule has 0 amide bonds. The summed E-state index contributed by atoms with van der Waals surface area (Å²) < 4.78 is 21.8. The predicted octanol–water partition coefficient (Wildman–Crippen LogP) is 7.43. The molecule has 324 valence electrons. The van der Waals surface area contributed by atoms with Crippen LogP contribution in [0.3, 0.4) is 0 Å². The van der Waals surface area contributed by atoms with Crippen LogP contribution in [0.1, 0.15) is 25.6 Å². The summed E-state index contributed by atoms with van der Waals surface area (Å²) in [5.74, 6) is 2.66. The SMILES string of the molecule is CN1CCN(c2ccc(N=C=S)cc2)CC1.CN1CCN(c2ccc(Nc3nc(N)c(C(=O)c4ccc5c(c4)OCCO5)s3)cc2)CC1.O=C(CBr)c1ccc2c(c1)OCCO2. The number of carbonyl (C=O) groups excluding carboxylic acids is 2. The molecule has 1 aromatic heterocycles. The number of Topliss-reactive ketones (excluding diaryl/α,β-unsaturated/α-hetero) is 1. The Morgan fingerprint density at radius 1 is 0.726 bits per heavy atom. The van der Waals surface area contributed by atoms with Crippen LogP contribution in [-0.4, -0.2) is 130 Å². The summed E-state index contributed by atoms with van der Waals surface area (Å²) in [5.41, 5.74) is 11.4. The number of thiocarbonyl (C=S) groups is 1. The van der Waals surface area contributed by atoms with Crippen molar-refractivity contribution in [3.63, 3.8) is 0 Å². The van der Waals surface area contributed by atoms with Gasteiger partial charge >= 0.3 is 0 Å². The van der Waals surface area contributed by atoms with Gasteiger partial charge in [0.1, 0.15) is 37.1 Å². The van der Waals surface area contributed by atoms with Crippen LogP contribution in [0.15, 0.2) is 89.9 Å². The fourth-order valence-corrected chi connectivity index (χ4v) is 8.25. The first-order chi connectivity index (χ1) is 30.2. The van der Waals surface area contributed by atoms with Gasteiger partial charge in [-0.15, -0.1) is 0 Å². The summed E-state index contributed by atoms with van der Waals surface area (Å²) in [5, 5.41) is 6.54. The van der Waals surface area contributed by atoms with E-state index in [1.165, 1.54) is 22.7 Å². The first-order valence-corrected chi connectivity index (χ1v) is 22.6. The standard InChI is InChI=1S/C23H25N5O3S.C12H15N3S.C10H9BrO3/c1-27-8-10-28(11-9-27)17-5-3-16(4-6-17)25-23-26-22(24)21(32-23)20(29)15-2-7-18-19(14-15)31-13-12-30-18;1-14-6-8-15(9-7-14)12-4-2-11(3-5-12)13-10-16;11-6-8(12)7-1-2-9-10(5-7)14-4-3-13-9/h2-7,14H,8-13,24H2,1H3,(H,25,26);2-5H,6-9H2,1H3;1-2,5H,3-4,6H2. The van der Waals surface area contributed by atoms with Crippen LogP contribution in [0.2, 0.25) is 0 Å².